The fourth-order valence-electron chi connectivity index (χ4n) is 2.62. The first-order valence-corrected chi connectivity index (χ1v) is 7.81. The Balaban J connectivity index is 1.59. The van der Waals surface area contributed by atoms with Crippen LogP contribution in [0.4, 0.5) is 4.39 Å². The second-order valence-electron chi connectivity index (χ2n) is 6.18. The van der Waals surface area contributed by atoms with Crippen LogP contribution in [0.15, 0.2) is 46.9 Å². The van der Waals surface area contributed by atoms with Crippen molar-refractivity contribution in [2.24, 2.45) is 5.92 Å². The fourth-order valence-corrected chi connectivity index (χ4v) is 2.62. The number of amides is 1. The smallest absolute Gasteiger partial charge is 0.246 e. The van der Waals surface area contributed by atoms with Gasteiger partial charge < -0.3 is 9.32 Å². The highest BCUT2D eigenvalue weighted by atomic mass is 19.1. The Labute approximate surface area is 135 Å². The second-order valence-corrected chi connectivity index (χ2v) is 6.18. The van der Waals surface area contributed by atoms with Crippen molar-refractivity contribution in [3.05, 3.63) is 65.4 Å². The van der Waals surface area contributed by atoms with Gasteiger partial charge in [0, 0.05) is 31.1 Å². The Hall–Kier alpha value is -2.36. The van der Waals surface area contributed by atoms with Gasteiger partial charge in [0.2, 0.25) is 5.91 Å². The number of carbonyl (C=O) groups is 1. The lowest BCUT2D eigenvalue weighted by Crippen LogP contribution is -2.24. The van der Waals surface area contributed by atoms with E-state index in [-0.39, 0.29) is 18.3 Å². The first-order chi connectivity index (χ1) is 11.0. The maximum atomic E-state index is 13.6. The van der Waals surface area contributed by atoms with Crippen LogP contribution >= 0.6 is 0 Å². The molecule has 120 valence electrons. The average molecular weight is 313 g/mol. The van der Waals surface area contributed by atoms with Gasteiger partial charge in [-0.1, -0.05) is 25.1 Å². The number of furan rings is 1. The van der Waals surface area contributed by atoms with Crippen LogP contribution in [0.5, 0.6) is 0 Å². The third kappa shape index (κ3) is 3.70. The second kappa shape index (κ2) is 6.41. The van der Waals surface area contributed by atoms with Crippen molar-refractivity contribution in [2.75, 3.05) is 7.05 Å². The molecular weight excluding hydrogens is 293 g/mol. The van der Waals surface area contributed by atoms with Gasteiger partial charge in [-0.05, 0) is 36.6 Å². The van der Waals surface area contributed by atoms with Crippen molar-refractivity contribution in [3.63, 3.8) is 0 Å². The lowest BCUT2D eigenvalue weighted by molar-refractivity contribution is -0.125. The Kier molecular flexibility index (Phi) is 4.33. The summed E-state index contributed by atoms with van der Waals surface area (Å²) < 4.78 is 19.3. The van der Waals surface area contributed by atoms with Gasteiger partial charge in [0.15, 0.2) is 0 Å². The van der Waals surface area contributed by atoms with E-state index < -0.39 is 0 Å². The molecule has 4 heteroatoms. The minimum atomic E-state index is -0.301. The zero-order valence-corrected chi connectivity index (χ0v) is 13.3. The predicted octanol–water partition coefficient (Wildman–Crippen LogP) is 4.21. The Bertz CT molecular complexity index is 734. The molecule has 3 rings (SSSR count). The van der Waals surface area contributed by atoms with Gasteiger partial charge in [-0.25, -0.2) is 4.39 Å². The predicted molar refractivity (Wildman–Crippen MR) is 87.1 cm³/mol. The highest BCUT2D eigenvalue weighted by molar-refractivity contribution is 5.91. The maximum Gasteiger partial charge on any atom is 0.246 e. The van der Waals surface area contributed by atoms with E-state index in [2.05, 4.69) is 6.92 Å². The standard InChI is InChI=1S/C19H20FNO2/c1-13-11-16(13)18-9-7-15(23-18)8-10-19(22)21(2)12-14-5-3-4-6-17(14)20/h3-10,13,16H,11-12H2,1-2H3/b10-8+. The van der Waals surface area contributed by atoms with Crippen molar-refractivity contribution in [1.82, 2.24) is 4.90 Å². The molecule has 1 heterocycles. The van der Waals surface area contributed by atoms with Crippen molar-refractivity contribution >= 4 is 12.0 Å². The van der Waals surface area contributed by atoms with E-state index in [1.807, 2.05) is 12.1 Å². The van der Waals surface area contributed by atoms with Gasteiger partial charge in [0.1, 0.15) is 17.3 Å². The number of benzene rings is 1. The SMILES string of the molecule is CC1CC1c1ccc(/C=C/C(=O)N(C)Cc2ccccc2F)o1. The van der Waals surface area contributed by atoms with E-state index >= 15 is 0 Å². The third-order valence-corrected chi connectivity index (χ3v) is 4.25. The largest absolute Gasteiger partial charge is 0.461 e. The summed E-state index contributed by atoms with van der Waals surface area (Å²) in [6.45, 7) is 2.43. The average Bonchev–Trinajstić information content (AvgIpc) is 3.08. The number of nitrogens with zero attached hydrogens (tertiary/aromatic N) is 1. The van der Waals surface area contributed by atoms with Crippen LogP contribution < -0.4 is 0 Å². The van der Waals surface area contributed by atoms with Crippen molar-refractivity contribution in [2.45, 2.75) is 25.8 Å². The highest BCUT2D eigenvalue weighted by Crippen LogP contribution is 2.47. The topological polar surface area (TPSA) is 33.5 Å². The van der Waals surface area contributed by atoms with Gasteiger partial charge in [-0.15, -0.1) is 0 Å². The molecule has 23 heavy (non-hydrogen) atoms. The molecule has 1 aromatic heterocycles. The summed E-state index contributed by atoms with van der Waals surface area (Å²) in [4.78, 5) is 13.6. The van der Waals surface area contributed by atoms with E-state index in [1.54, 1.807) is 31.3 Å². The molecule has 1 saturated carbocycles. The Morgan fingerprint density at radius 3 is 2.78 bits per heavy atom. The van der Waals surface area contributed by atoms with E-state index in [9.17, 15) is 9.18 Å². The van der Waals surface area contributed by atoms with Crippen LogP contribution in [-0.4, -0.2) is 17.9 Å². The summed E-state index contributed by atoms with van der Waals surface area (Å²) in [5.74, 6) is 2.38. The number of hydrogen-bond donors (Lipinski definition) is 0. The molecule has 0 saturated heterocycles. The first-order valence-electron chi connectivity index (χ1n) is 7.81. The van der Waals surface area contributed by atoms with Gasteiger partial charge >= 0.3 is 0 Å². The van der Waals surface area contributed by atoms with Crippen molar-refractivity contribution < 1.29 is 13.6 Å². The van der Waals surface area contributed by atoms with Gasteiger partial charge in [0.25, 0.3) is 0 Å². The quantitative estimate of drug-likeness (QED) is 0.775. The third-order valence-electron chi connectivity index (χ3n) is 4.25. The molecule has 0 aliphatic heterocycles. The number of carbonyl (C=O) groups excluding carboxylic acids is 1. The maximum absolute atomic E-state index is 13.6. The monoisotopic (exact) mass is 313 g/mol. The molecule has 1 amide bonds. The molecule has 2 atom stereocenters. The molecule has 0 N–H and O–H groups in total. The number of halogens is 1. The molecule has 1 aromatic carbocycles. The van der Waals surface area contributed by atoms with Gasteiger partial charge in [0.05, 0.1) is 0 Å². The van der Waals surface area contributed by atoms with E-state index in [1.165, 1.54) is 23.5 Å². The molecule has 2 unspecified atom stereocenters. The summed E-state index contributed by atoms with van der Waals surface area (Å²) >= 11 is 0. The Morgan fingerprint density at radius 1 is 1.35 bits per heavy atom. The molecule has 0 radical (unpaired) electrons. The summed E-state index contributed by atoms with van der Waals surface area (Å²) in [5, 5.41) is 0. The van der Waals surface area contributed by atoms with Crippen LogP contribution in [-0.2, 0) is 11.3 Å². The van der Waals surface area contributed by atoms with Crippen LogP contribution in [0.3, 0.4) is 0 Å². The van der Waals surface area contributed by atoms with Gasteiger partial charge in [-0.3, -0.25) is 4.79 Å². The number of rotatable bonds is 5. The summed E-state index contributed by atoms with van der Waals surface area (Å²) in [7, 11) is 1.65. The summed E-state index contributed by atoms with van der Waals surface area (Å²) in [6.07, 6.45) is 4.29. The molecule has 3 nitrogen and oxygen atoms in total. The first kappa shape index (κ1) is 15.5. The van der Waals surface area contributed by atoms with E-state index in [0.717, 1.165) is 5.76 Å². The Morgan fingerprint density at radius 2 is 2.09 bits per heavy atom. The molecule has 2 aromatic rings. The van der Waals surface area contributed by atoms with E-state index in [0.29, 0.717) is 23.2 Å². The molecule has 1 fully saturated rings. The van der Waals surface area contributed by atoms with Crippen LogP contribution in [0.2, 0.25) is 0 Å². The van der Waals surface area contributed by atoms with Gasteiger partial charge in [-0.2, -0.15) is 0 Å². The van der Waals surface area contributed by atoms with Crippen LogP contribution in [0.1, 0.15) is 36.3 Å². The summed E-state index contributed by atoms with van der Waals surface area (Å²) in [5.41, 5.74) is 0.500. The lowest BCUT2D eigenvalue weighted by atomic mass is 10.2. The normalized spacial score (nSPS) is 20.0. The number of hydrogen-bond acceptors (Lipinski definition) is 2. The molecule has 1 aliphatic carbocycles. The van der Waals surface area contributed by atoms with Crippen LogP contribution in [0, 0.1) is 11.7 Å². The zero-order valence-electron chi connectivity index (χ0n) is 13.3. The molecule has 0 spiro atoms. The lowest BCUT2D eigenvalue weighted by Gasteiger charge is -2.15. The molecule has 0 bridgehead atoms. The highest BCUT2D eigenvalue weighted by Gasteiger charge is 2.36. The number of likely N-dealkylation sites (N-methyl/N-ethyl adjacent to an activating group) is 1. The summed E-state index contributed by atoms with van der Waals surface area (Å²) in [6, 6.07) is 10.3. The molecular formula is C19H20FNO2. The fraction of sp³-hybridized carbons (Fsp3) is 0.316. The molecule has 1 aliphatic rings. The van der Waals surface area contributed by atoms with E-state index in [4.69, 9.17) is 4.42 Å². The van der Waals surface area contributed by atoms with Crippen LogP contribution in [0.25, 0.3) is 6.08 Å². The van der Waals surface area contributed by atoms with Crippen molar-refractivity contribution in [3.8, 4) is 0 Å². The minimum Gasteiger partial charge on any atom is -0.461 e. The van der Waals surface area contributed by atoms with Crippen molar-refractivity contribution in [1.29, 1.82) is 0 Å². The zero-order chi connectivity index (χ0) is 16.4. The minimum absolute atomic E-state index is 0.189.